The molecule has 0 radical (unpaired) electrons. The number of fused-ring (bicyclic) bond motifs is 1. The summed E-state index contributed by atoms with van der Waals surface area (Å²) in [6, 6.07) is 9.82. The maximum atomic E-state index is 14.0. The van der Waals surface area contributed by atoms with Crippen molar-refractivity contribution in [3.05, 3.63) is 72.2 Å². The number of halogens is 1. The SMILES string of the molecule is O=C(NC[C@@H]1Cc2cc(F)cc(-c3cccnc3)c2O1)c1ccco1. The zero-order valence-electron chi connectivity index (χ0n) is 13.2. The third-order valence-electron chi connectivity index (χ3n) is 4.07. The van der Waals surface area contributed by atoms with Crippen molar-refractivity contribution in [1.29, 1.82) is 0 Å². The standard InChI is InChI=1S/C19H15FN2O3/c20-14-7-13-8-15(11-22-19(23)17-4-2-6-24-17)25-18(13)16(9-14)12-3-1-5-21-10-12/h1-7,9-10,15H,8,11H2,(H,22,23)/t15-/m0/s1. The third kappa shape index (κ3) is 3.10. The molecule has 0 spiro atoms. The topological polar surface area (TPSA) is 64.4 Å². The summed E-state index contributed by atoms with van der Waals surface area (Å²) >= 11 is 0. The fraction of sp³-hybridized carbons (Fsp3) is 0.158. The van der Waals surface area contributed by atoms with E-state index in [1.165, 1.54) is 18.4 Å². The van der Waals surface area contributed by atoms with Gasteiger partial charge in [-0.15, -0.1) is 0 Å². The number of amides is 1. The fourth-order valence-electron chi connectivity index (χ4n) is 2.95. The van der Waals surface area contributed by atoms with E-state index in [-0.39, 0.29) is 23.6 Å². The van der Waals surface area contributed by atoms with E-state index in [2.05, 4.69) is 10.3 Å². The molecule has 4 rings (SSSR count). The van der Waals surface area contributed by atoms with E-state index in [1.807, 2.05) is 6.07 Å². The number of ether oxygens (including phenoxy) is 1. The van der Waals surface area contributed by atoms with Crippen molar-refractivity contribution >= 4 is 5.91 Å². The Balaban J connectivity index is 1.51. The van der Waals surface area contributed by atoms with Crippen molar-refractivity contribution < 1.29 is 18.3 Å². The van der Waals surface area contributed by atoms with Crippen LogP contribution < -0.4 is 10.1 Å². The lowest BCUT2D eigenvalue weighted by molar-refractivity contribution is 0.0906. The van der Waals surface area contributed by atoms with E-state index in [1.54, 1.807) is 30.6 Å². The minimum absolute atomic E-state index is 0.248. The lowest BCUT2D eigenvalue weighted by Crippen LogP contribution is -2.34. The van der Waals surface area contributed by atoms with E-state index >= 15 is 0 Å². The molecule has 1 amide bonds. The molecule has 1 aliphatic rings. The summed E-state index contributed by atoms with van der Waals surface area (Å²) < 4.78 is 25.0. The van der Waals surface area contributed by atoms with Gasteiger partial charge in [-0.2, -0.15) is 0 Å². The number of carbonyl (C=O) groups is 1. The van der Waals surface area contributed by atoms with Crippen LogP contribution in [0.3, 0.4) is 0 Å². The summed E-state index contributed by atoms with van der Waals surface area (Å²) in [4.78, 5) is 16.0. The number of hydrogen-bond acceptors (Lipinski definition) is 4. The first-order valence-corrected chi connectivity index (χ1v) is 7.92. The van der Waals surface area contributed by atoms with Crippen molar-refractivity contribution in [3.8, 4) is 16.9 Å². The van der Waals surface area contributed by atoms with Gasteiger partial charge in [-0.25, -0.2) is 4.39 Å². The number of rotatable bonds is 4. The largest absolute Gasteiger partial charge is 0.487 e. The number of benzene rings is 1. The van der Waals surface area contributed by atoms with Gasteiger partial charge in [0.15, 0.2) is 5.76 Å². The highest BCUT2D eigenvalue weighted by molar-refractivity contribution is 5.91. The molecule has 3 aromatic rings. The first-order chi connectivity index (χ1) is 12.2. The Kier molecular flexibility index (Phi) is 3.93. The van der Waals surface area contributed by atoms with Gasteiger partial charge in [-0.1, -0.05) is 6.07 Å². The average Bonchev–Trinajstić information content (AvgIpc) is 3.29. The van der Waals surface area contributed by atoms with Gasteiger partial charge in [0.05, 0.1) is 12.8 Å². The molecular formula is C19H15FN2O3. The van der Waals surface area contributed by atoms with Crippen LogP contribution in [0.25, 0.3) is 11.1 Å². The molecule has 1 N–H and O–H groups in total. The zero-order chi connectivity index (χ0) is 17.2. The molecule has 0 aliphatic carbocycles. The van der Waals surface area contributed by atoms with Gasteiger partial charge in [-0.3, -0.25) is 9.78 Å². The summed E-state index contributed by atoms with van der Waals surface area (Å²) in [5.74, 6) is 0.272. The Labute approximate surface area is 143 Å². The summed E-state index contributed by atoms with van der Waals surface area (Å²) in [6.45, 7) is 0.308. The Morgan fingerprint density at radius 2 is 2.24 bits per heavy atom. The van der Waals surface area contributed by atoms with Gasteiger partial charge in [0.2, 0.25) is 0 Å². The fourth-order valence-corrected chi connectivity index (χ4v) is 2.95. The first-order valence-electron chi connectivity index (χ1n) is 7.92. The van der Waals surface area contributed by atoms with Crippen molar-refractivity contribution in [2.75, 3.05) is 6.54 Å². The van der Waals surface area contributed by atoms with Crippen LogP contribution in [-0.2, 0) is 6.42 Å². The van der Waals surface area contributed by atoms with Crippen molar-refractivity contribution in [1.82, 2.24) is 10.3 Å². The molecular weight excluding hydrogens is 323 g/mol. The van der Waals surface area contributed by atoms with Crippen LogP contribution in [0, 0.1) is 5.82 Å². The molecule has 5 nitrogen and oxygen atoms in total. The van der Waals surface area contributed by atoms with Crippen molar-refractivity contribution in [2.24, 2.45) is 0 Å². The lowest BCUT2D eigenvalue weighted by atomic mass is 10.0. The number of pyridine rings is 1. The van der Waals surface area contributed by atoms with Crippen LogP contribution in [0.2, 0.25) is 0 Å². The molecule has 25 heavy (non-hydrogen) atoms. The van der Waals surface area contributed by atoms with E-state index in [4.69, 9.17) is 9.15 Å². The number of furan rings is 1. The van der Waals surface area contributed by atoms with Gasteiger partial charge in [-0.05, 0) is 30.3 Å². The van der Waals surface area contributed by atoms with Crippen LogP contribution >= 0.6 is 0 Å². The molecule has 0 unspecified atom stereocenters. The molecule has 1 aliphatic heterocycles. The number of carbonyl (C=O) groups excluding carboxylic acids is 1. The molecule has 0 saturated heterocycles. The van der Waals surface area contributed by atoms with E-state index in [0.29, 0.717) is 24.3 Å². The molecule has 0 bridgehead atoms. The predicted molar refractivity (Wildman–Crippen MR) is 88.8 cm³/mol. The van der Waals surface area contributed by atoms with Gasteiger partial charge >= 0.3 is 0 Å². The normalized spacial score (nSPS) is 15.5. The molecule has 3 heterocycles. The number of nitrogens with zero attached hydrogens (tertiary/aromatic N) is 1. The van der Waals surface area contributed by atoms with Crippen LogP contribution in [0.5, 0.6) is 5.75 Å². The summed E-state index contributed by atoms with van der Waals surface area (Å²) in [6.07, 6.45) is 5.05. The Morgan fingerprint density at radius 3 is 3.00 bits per heavy atom. The second-order valence-corrected chi connectivity index (χ2v) is 5.81. The molecule has 126 valence electrons. The quantitative estimate of drug-likeness (QED) is 0.793. The maximum Gasteiger partial charge on any atom is 0.287 e. The highest BCUT2D eigenvalue weighted by Crippen LogP contribution is 2.39. The summed E-state index contributed by atoms with van der Waals surface area (Å²) in [5.41, 5.74) is 2.25. The zero-order valence-corrected chi connectivity index (χ0v) is 13.2. The first kappa shape index (κ1) is 15.4. The number of nitrogens with one attached hydrogen (secondary N) is 1. The highest BCUT2D eigenvalue weighted by atomic mass is 19.1. The van der Waals surface area contributed by atoms with Crippen LogP contribution in [-0.4, -0.2) is 23.5 Å². The van der Waals surface area contributed by atoms with Gasteiger partial charge in [0.1, 0.15) is 17.7 Å². The smallest absolute Gasteiger partial charge is 0.287 e. The third-order valence-corrected chi connectivity index (χ3v) is 4.07. The monoisotopic (exact) mass is 338 g/mol. The average molecular weight is 338 g/mol. The number of hydrogen-bond donors (Lipinski definition) is 1. The van der Waals surface area contributed by atoms with Crippen LogP contribution in [0.1, 0.15) is 16.1 Å². The second kappa shape index (κ2) is 6.39. The van der Waals surface area contributed by atoms with E-state index in [9.17, 15) is 9.18 Å². The maximum absolute atomic E-state index is 14.0. The van der Waals surface area contributed by atoms with Crippen molar-refractivity contribution in [2.45, 2.75) is 12.5 Å². The van der Waals surface area contributed by atoms with E-state index < -0.39 is 0 Å². The molecule has 6 heteroatoms. The lowest BCUT2D eigenvalue weighted by Gasteiger charge is -2.13. The molecule has 0 fully saturated rings. The van der Waals surface area contributed by atoms with E-state index in [0.717, 1.165) is 11.1 Å². The number of aromatic nitrogens is 1. The molecule has 0 saturated carbocycles. The van der Waals surface area contributed by atoms with Crippen LogP contribution in [0.4, 0.5) is 4.39 Å². The minimum Gasteiger partial charge on any atom is -0.487 e. The summed E-state index contributed by atoms with van der Waals surface area (Å²) in [5, 5.41) is 2.77. The van der Waals surface area contributed by atoms with Crippen LogP contribution in [0.15, 0.2) is 59.5 Å². The van der Waals surface area contributed by atoms with Gasteiger partial charge < -0.3 is 14.5 Å². The predicted octanol–water partition coefficient (Wildman–Crippen LogP) is 3.21. The summed E-state index contributed by atoms with van der Waals surface area (Å²) in [7, 11) is 0. The highest BCUT2D eigenvalue weighted by Gasteiger charge is 2.27. The second-order valence-electron chi connectivity index (χ2n) is 5.81. The Bertz CT molecular complexity index is 895. The molecule has 2 aromatic heterocycles. The molecule has 1 atom stereocenters. The van der Waals surface area contributed by atoms with Crippen molar-refractivity contribution in [3.63, 3.8) is 0 Å². The minimum atomic E-state index is -0.318. The van der Waals surface area contributed by atoms with Gasteiger partial charge in [0, 0.05) is 35.5 Å². The Morgan fingerprint density at radius 1 is 1.32 bits per heavy atom. The van der Waals surface area contributed by atoms with Gasteiger partial charge in [0.25, 0.3) is 5.91 Å². The molecule has 1 aromatic carbocycles. The Hall–Kier alpha value is -3.15.